The Hall–Kier alpha value is -1.95. The Morgan fingerprint density at radius 2 is 1.90 bits per heavy atom. The lowest BCUT2D eigenvalue weighted by molar-refractivity contribution is -0.384. The summed E-state index contributed by atoms with van der Waals surface area (Å²) in [7, 11) is 0. The van der Waals surface area contributed by atoms with Crippen molar-refractivity contribution in [3.05, 3.63) is 39.9 Å². The fourth-order valence-electron chi connectivity index (χ4n) is 1.72. The van der Waals surface area contributed by atoms with E-state index in [1.807, 2.05) is 13.8 Å². The smallest absolute Gasteiger partial charge is 0.335 e. The number of carbonyl (C=O) groups is 1. The van der Waals surface area contributed by atoms with Gasteiger partial charge in [-0.05, 0) is 26.3 Å². The molecule has 0 heterocycles. The van der Waals surface area contributed by atoms with E-state index in [0.29, 0.717) is 6.42 Å². The van der Waals surface area contributed by atoms with Crippen LogP contribution in [0.15, 0.2) is 24.3 Å². The molecule has 1 aromatic carbocycles. The van der Waals surface area contributed by atoms with E-state index >= 15 is 0 Å². The first kappa shape index (κ1) is 16.1. The highest BCUT2D eigenvalue weighted by Gasteiger charge is 2.22. The van der Waals surface area contributed by atoms with E-state index in [9.17, 15) is 14.9 Å². The molecule has 110 valence electrons. The lowest BCUT2D eigenvalue weighted by atomic mass is 10.1. The van der Waals surface area contributed by atoms with Gasteiger partial charge in [-0.3, -0.25) is 10.1 Å². The minimum atomic E-state index is -0.698. The van der Waals surface area contributed by atoms with E-state index < -0.39 is 17.0 Å². The predicted octanol–water partition coefficient (Wildman–Crippen LogP) is 2.49. The van der Waals surface area contributed by atoms with Crippen molar-refractivity contribution >= 4 is 11.7 Å². The number of non-ortho nitro benzene ring substituents is 1. The third kappa shape index (κ3) is 4.97. The van der Waals surface area contributed by atoms with Crippen LogP contribution in [-0.4, -0.2) is 29.7 Å². The molecule has 0 N–H and O–H groups in total. The van der Waals surface area contributed by atoms with E-state index in [1.165, 1.54) is 12.1 Å². The summed E-state index contributed by atoms with van der Waals surface area (Å²) in [5, 5.41) is 10.6. The molecule has 6 heteroatoms. The Morgan fingerprint density at radius 1 is 1.30 bits per heavy atom. The van der Waals surface area contributed by atoms with Crippen LogP contribution in [0.1, 0.15) is 26.3 Å². The summed E-state index contributed by atoms with van der Waals surface area (Å²) in [6, 6.07) is 6.06. The van der Waals surface area contributed by atoms with Gasteiger partial charge in [-0.1, -0.05) is 12.1 Å². The number of nitro groups is 1. The van der Waals surface area contributed by atoms with Gasteiger partial charge in [-0.2, -0.15) is 0 Å². The molecular weight excluding hydrogens is 262 g/mol. The second kappa shape index (κ2) is 7.59. The molecule has 0 aliphatic rings. The second-order valence-electron chi connectivity index (χ2n) is 4.55. The Balaban J connectivity index is 2.77. The van der Waals surface area contributed by atoms with Gasteiger partial charge in [-0.25, -0.2) is 4.79 Å². The molecule has 0 aromatic heterocycles. The topological polar surface area (TPSA) is 78.7 Å². The number of hydrogen-bond acceptors (Lipinski definition) is 5. The Labute approximate surface area is 117 Å². The minimum absolute atomic E-state index is 0.0196. The minimum Gasteiger partial charge on any atom is -0.464 e. The quantitative estimate of drug-likeness (QED) is 0.436. The molecule has 0 amide bonds. The molecule has 1 atom stereocenters. The van der Waals surface area contributed by atoms with Gasteiger partial charge < -0.3 is 9.47 Å². The van der Waals surface area contributed by atoms with Crippen molar-refractivity contribution in [1.82, 2.24) is 0 Å². The van der Waals surface area contributed by atoms with Gasteiger partial charge >= 0.3 is 5.97 Å². The van der Waals surface area contributed by atoms with Gasteiger partial charge in [0, 0.05) is 18.6 Å². The molecule has 0 aliphatic heterocycles. The molecule has 0 radical (unpaired) electrons. The Kier molecular flexibility index (Phi) is 6.11. The predicted molar refractivity (Wildman–Crippen MR) is 73.4 cm³/mol. The van der Waals surface area contributed by atoms with Gasteiger partial charge in [0.15, 0.2) is 6.10 Å². The van der Waals surface area contributed by atoms with E-state index in [1.54, 1.807) is 19.1 Å². The molecule has 20 heavy (non-hydrogen) atoms. The average Bonchev–Trinajstić information content (AvgIpc) is 2.38. The van der Waals surface area contributed by atoms with Gasteiger partial charge in [0.2, 0.25) is 0 Å². The third-order valence-electron chi connectivity index (χ3n) is 2.55. The van der Waals surface area contributed by atoms with Crippen LogP contribution in [0.4, 0.5) is 5.69 Å². The van der Waals surface area contributed by atoms with Gasteiger partial charge in [0.1, 0.15) is 0 Å². The molecule has 1 rings (SSSR count). The highest BCUT2D eigenvalue weighted by Crippen LogP contribution is 2.15. The molecular formula is C14H19NO5. The summed E-state index contributed by atoms with van der Waals surface area (Å²) in [5.41, 5.74) is 0.806. The van der Waals surface area contributed by atoms with Gasteiger partial charge in [-0.15, -0.1) is 0 Å². The number of nitrogens with zero attached hydrogens (tertiary/aromatic N) is 1. The van der Waals surface area contributed by atoms with E-state index in [-0.39, 0.29) is 18.4 Å². The van der Waals surface area contributed by atoms with Crippen LogP contribution in [0, 0.1) is 10.1 Å². The molecule has 0 bridgehead atoms. The number of esters is 1. The largest absolute Gasteiger partial charge is 0.464 e. The first-order valence-electron chi connectivity index (χ1n) is 6.49. The first-order chi connectivity index (χ1) is 9.43. The Bertz CT molecular complexity index is 455. The molecule has 0 saturated heterocycles. The van der Waals surface area contributed by atoms with Crippen molar-refractivity contribution in [3.63, 3.8) is 0 Å². The zero-order valence-corrected chi connectivity index (χ0v) is 11.9. The average molecular weight is 281 g/mol. The molecule has 0 spiro atoms. The van der Waals surface area contributed by atoms with Crippen molar-refractivity contribution in [2.75, 3.05) is 6.61 Å². The summed E-state index contributed by atoms with van der Waals surface area (Å²) in [6.45, 7) is 5.69. The van der Waals surface area contributed by atoms with Crippen LogP contribution < -0.4 is 0 Å². The van der Waals surface area contributed by atoms with Crippen molar-refractivity contribution in [2.45, 2.75) is 39.4 Å². The monoisotopic (exact) mass is 281 g/mol. The maximum atomic E-state index is 11.8. The Morgan fingerprint density at radius 3 is 2.35 bits per heavy atom. The summed E-state index contributed by atoms with van der Waals surface area (Å²) in [4.78, 5) is 21.9. The van der Waals surface area contributed by atoms with Gasteiger partial charge in [0.05, 0.1) is 17.6 Å². The summed E-state index contributed by atoms with van der Waals surface area (Å²) in [6.07, 6.45) is -0.478. The SMILES string of the molecule is CCOC(=O)C(Cc1ccc([N+](=O)[O-])cc1)OC(C)C. The van der Waals surface area contributed by atoms with Crippen LogP contribution >= 0.6 is 0 Å². The van der Waals surface area contributed by atoms with Crippen LogP contribution in [0.3, 0.4) is 0 Å². The maximum absolute atomic E-state index is 11.8. The highest BCUT2D eigenvalue weighted by molar-refractivity contribution is 5.75. The zero-order valence-electron chi connectivity index (χ0n) is 11.9. The van der Waals surface area contributed by atoms with Gasteiger partial charge in [0.25, 0.3) is 5.69 Å². The second-order valence-corrected chi connectivity index (χ2v) is 4.55. The van der Waals surface area contributed by atoms with Crippen molar-refractivity contribution < 1.29 is 19.2 Å². The number of benzene rings is 1. The third-order valence-corrected chi connectivity index (χ3v) is 2.55. The van der Waals surface area contributed by atoms with Crippen LogP contribution in [0.25, 0.3) is 0 Å². The molecule has 1 aromatic rings. The van der Waals surface area contributed by atoms with E-state index in [2.05, 4.69) is 0 Å². The highest BCUT2D eigenvalue weighted by atomic mass is 16.6. The molecule has 0 aliphatic carbocycles. The summed E-state index contributed by atoms with van der Waals surface area (Å²) < 4.78 is 10.5. The van der Waals surface area contributed by atoms with E-state index in [4.69, 9.17) is 9.47 Å². The lowest BCUT2D eigenvalue weighted by Crippen LogP contribution is -2.31. The van der Waals surface area contributed by atoms with Crippen LogP contribution in [0.5, 0.6) is 0 Å². The van der Waals surface area contributed by atoms with E-state index in [0.717, 1.165) is 5.56 Å². The van der Waals surface area contributed by atoms with Crippen molar-refractivity contribution in [1.29, 1.82) is 0 Å². The van der Waals surface area contributed by atoms with Crippen molar-refractivity contribution in [2.24, 2.45) is 0 Å². The lowest BCUT2D eigenvalue weighted by Gasteiger charge is -2.18. The molecule has 0 fully saturated rings. The van der Waals surface area contributed by atoms with Crippen LogP contribution in [0.2, 0.25) is 0 Å². The molecule has 0 saturated carbocycles. The number of hydrogen-bond donors (Lipinski definition) is 0. The summed E-state index contributed by atoms with van der Waals surface area (Å²) in [5.74, 6) is -0.417. The zero-order chi connectivity index (χ0) is 15.1. The first-order valence-corrected chi connectivity index (χ1v) is 6.49. The number of rotatable bonds is 7. The maximum Gasteiger partial charge on any atom is 0.335 e. The molecule has 1 unspecified atom stereocenters. The standard InChI is InChI=1S/C14H19NO5/c1-4-19-14(16)13(20-10(2)3)9-11-5-7-12(8-6-11)15(17)18/h5-8,10,13H,4,9H2,1-3H3. The number of carbonyl (C=O) groups excluding carboxylic acids is 1. The number of ether oxygens (including phenoxy) is 2. The fourth-order valence-corrected chi connectivity index (χ4v) is 1.72. The molecule has 6 nitrogen and oxygen atoms in total. The van der Waals surface area contributed by atoms with Crippen LogP contribution in [-0.2, 0) is 20.7 Å². The summed E-state index contributed by atoms with van der Waals surface area (Å²) >= 11 is 0. The normalized spacial score (nSPS) is 12.2. The fraction of sp³-hybridized carbons (Fsp3) is 0.500. The number of nitro benzene ring substituents is 1. The van der Waals surface area contributed by atoms with Crippen molar-refractivity contribution in [3.8, 4) is 0 Å².